The molecule has 0 unspecified atom stereocenters. The molecule has 0 saturated heterocycles. The average Bonchev–Trinajstić information content (AvgIpc) is 2.51. The fourth-order valence-corrected chi connectivity index (χ4v) is 1.98. The van der Waals surface area contributed by atoms with Crippen LogP contribution in [0.5, 0.6) is 0 Å². The summed E-state index contributed by atoms with van der Waals surface area (Å²) < 4.78 is 0. The molecular formula is C20H24O2. The first-order chi connectivity index (χ1) is 10.7. The van der Waals surface area contributed by atoms with E-state index in [4.69, 9.17) is 5.11 Å². The van der Waals surface area contributed by atoms with E-state index in [0.29, 0.717) is 12.8 Å². The fourth-order valence-electron chi connectivity index (χ4n) is 1.98. The van der Waals surface area contributed by atoms with Crippen LogP contribution >= 0.6 is 0 Å². The molecule has 0 aliphatic rings. The van der Waals surface area contributed by atoms with Gasteiger partial charge in [-0.1, -0.05) is 62.0 Å². The Morgan fingerprint density at radius 1 is 0.955 bits per heavy atom. The Bertz CT molecular complexity index is 579. The molecule has 0 aromatic heterocycles. The third-order valence-corrected chi connectivity index (χ3v) is 3.22. The summed E-state index contributed by atoms with van der Waals surface area (Å²) >= 11 is 0. The van der Waals surface area contributed by atoms with Gasteiger partial charge in [-0.25, -0.2) is 0 Å². The van der Waals surface area contributed by atoms with Gasteiger partial charge in [-0.05, 0) is 25.0 Å². The molecule has 116 valence electrons. The number of unbranched alkanes of at least 4 members (excludes halogenated alkanes) is 5. The highest BCUT2D eigenvalue weighted by molar-refractivity contribution is 5.66. The van der Waals surface area contributed by atoms with E-state index < -0.39 is 5.97 Å². The lowest BCUT2D eigenvalue weighted by molar-refractivity contribution is -0.137. The van der Waals surface area contributed by atoms with E-state index in [1.165, 1.54) is 19.3 Å². The van der Waals surface area contributed by atoms with Crippen LogP contribution in [0.1, 0.15) is 69.4 Å². The summed E-state index contributed by atoms with van der Waals surface area (Å²) in [5, 5.41) is 8.58. The van der Waals surface area contributed by atoms with E-state index in [1.54, 1.807) is 0 Å². The van der Waals surface area contributed by atoms with Crippen molar-refractivity contribution in [2.75, 3.05) is 0 Å². The van der Waals surface area contributed by atoms with Gasteiger partial charge in [0.2, 0.25) is 0 Å². The molecule has 2 nitrogen and oxygen atoms in total. The first-order valence-corrected chi connectivity index (χ1v) is 8.02. The van der Waals surface area contributed by atoms with Crippen LogP contribution in [-0.4, -0.2) is 11.1 Å². The molecule has 0 amide bonds. The second-order valence-electron chi connectivity index (χ2n) is 5.21. The SMILES string of the molecule is CCCCCCC#Cc1ccccc1C#CCCCC(=O)O. The Morgan fingerprint density at radius 2 is 1.55 bits per heavy atom. The predicted octanol–water partition coefficient (Wildman–Crippen LogP) is 4.61. The fraction of sp³-hybridized carbons (Fsp3) is 0.450. The van der Waals surface area contributed by atoms with E-state index in [9.17, 15) is 4.79 Å². The van der Waals surface area contributed by atoms with Crippen molar-refractivity contribution in [3.63, 3.8) is 0 Å². The smallest absolute Gasteiger partial charge is 0.303 e. The molecule has 2 heteroatoms. The minimum Gasteiger partial charge on any atom is -0.481 e. The number of hydrogen-bond donors (Lipinski definition) is 1. The van der Waals surface area contributed by atoms with E-state index in [1.807, 2.05) is 24.3 Å². The van der Waals surface area contributed by atoms with Gasteiger partial charge in [0.15, 0.2) is 0 Å². The standard InChI is InChI=1S/C20H24O2/c1-2-3-4-5-6-8-13-18-15-11-12-16-19(18)14-9-7-10-17-20(21)22/h11-12,15-16H,2-7,10,17H2,1H3,(H,21,22). The molecule has 0 aliphatic carbocycles. The zero-order valence-corrected chi connectivity index (χ0v) is 13.3. The molecule has 1 aromatic rings. The Balaban J connectivity index is 2.53. The van der Waals surface area contributed by atoms with Crippen molar-refractivity contribution in [3.05, 3.63) is 35.4 Å². The summed E-state index contributed by atoms with van der Waals surface area (Å²) in [5.74, 6) is 11.8. The lowest BCUT2D eigenvalue weighted by atomic mass is 10.1. The number of aliphatic carboxylic acids is 1. The Morgan fingerprint density at radius 3 is 2.09 bits per heavy atom. The highest BCUT2D eigenvalue weighted by Crippen LogP contribution is 2.07. The highest BCUT2D eigenvalue weighted by Gasteiger charge is 1.96. The second-order valence-corrected chi connectivity index (χ2v) is 5.21. The predicted molar refractivity (Wildman–Crippen MR) is 90.4 cm³/mol. The van der Waals surface area contributed by atoms with Crippen LogP contribution in [0, 0.1) is 23.7 Å². The Hall–Kier alpha value is -2.19. The summed E-state index contributed by atoms with van der Waals surface area (Å²) in [7, 11) is 0. The van der Waals surface area contributed by atoms with Crippen LogP contribution in [0.4, 0.5) is 0 Å². The lowest BCUT2D eigenvalue weighted by Gasteiger charge is -1.96. The van der Waals surface area contributed by atoms with Crippen molar-refractivity contribution < 1.29 is 9.90 Å². The van der Waals surface area contributed by atoms with Crippen molar-refractivity contribution in [1.82, 2.24) is 0 Å². The van der Waals surface area contributed by atoms with Gasteiger partial charge in [0.25, 0.3) is 0 Å². The molecule has 0 spiro atoms. The quantitative estimate of drug-likeness (QED) is 0.589. The van der Waals surface area contributed by atoms with Crippen molar-refractivity contribution in [1.29, 1.82) is 0 Å². The van der Waals surface area contributed by atoms with E-state index in [2.05, 4.69) is 30.6 Å². The molecule has 0 bridgehead atoms. The normalized spacial score (nSPS) is 9.32. The van der Waals surface area contributed by atoms with Gasteiger partial charge in [-0.3, -0.25) is 4.79 Å². The summed E-state index contributed by atoms with van der Waals surface area (Å²) in [6.07, 6.45) is 7.22. The maximum absolute atomic E-state index is 10.4. The number of benzene rings is 1. The van der Waals surface area contributed by atoms with Gasteiger partial charge in [-0.15, -0.1) is 0 Å². The maximum atomic E-state index is 10.4. The van der Waals surface area contributed by atoms with Gasteiger partial charge in [0, 0.05) is 30.4 Å². The van der Waals surface area contributed by atoms with Crippen molar-refractivity contribution in [2.24, 2.45) is 0 Å². The first-order valence-electron chi connectivity index (χ1n) is 8.02. The zero-order chi connectivity index (χ0) is 16.0. The van der Waals surface area contributed by atoms with Gasteiger partial charge < -0.3 is 5.11 Å². The molecule has 0 atom stereocenters. The van der Waals surface area contributed by atoms with Gasteiger partial charge in [0.1, 0.15) is 0 Å². The molecule has 0 aliphatic heterocycles. The third kappa shape index (κ3) is 8.18. The number of carboxylic acids is 1. The lowest BCUT2D eigenvalue weighted by Crippen LogP contribution is -1.92. The molecule has 1 aromatic carbocycles. The van der Waals surface area contributed by atoms with Crippen molar-refractivity contribution in [3.8, 4) is 23.7 Å². The number of rotatable bonds is 7. The van der Waals surface area contributed by atoms with E-state index >= 15 is 0 Å². The van der Waals surface area contributed by atoms with Crippen molar-refractivity contribution >= 4 is 5.97 Å². The van der Waals surface area contributed by atoms with Crippen LogP contribution in [-0.2, 0) is 4.79 Å². The summed E-state index contributed by atoms with van der Waals surface area (Å²) in [6.45, 7) is 2.21. The van der Waals surface area contributed by atoms with E-state index in [0.717, 1.165) is 24.0 Å². The molecule has 22 heavy (non-hydrogen) atoms. The second kappa shape index (κ2) is 11.5. The molecule has 0 fully saturated rings. The Kier molecular flexibility index (Phi) is 9.31. The number of hydrogen-bond acceptors (Lipinski definition) is 1. The van der Waals surface area contributed by atoms with E-state index in [-0.39, 0.29) is 6.42 Å². The number of carbonyl (C=O) groups is 1. The highest BCUT2D eigenvalue weighted by atomic mass is 16.4. The van der Waals surface area contributed by atoms with Crippen LogP contribution in [0.15, 0.2) is 24.3 Å². The van der Waals surface area contributed by atoms with Crippen LogP contribution in [0.25, 0.3) is 0 Å². The third-order valence-electron chi connectivity index (χ3n) is 3.22. The molecule has 0 radical (unpaired) electrons. The molecule has 1 N–H and O–H groups in total. The van der Waals surface area contributed by atoms with Crippen molar-refractivity contribution in [2.45, 2.75) is 58.3 Å². The average molecular weight is 296 g/mol. The van der Waals surface area contributed by atoms with Gasteiger partial charge >= 0.3 is 5.97 Å². The molecule has 0 saturated carbocycles. The monoisotopic (exact) mass is 296 g/mol. The molecule has 0 heterocycles. The van der Waals surface area contributed by atoms with Gasteiger partial charge in [0.05, 0.1) is 0 Å². The molecule has 1 rings (SSSR count). The minimum atomic E-state index is -0.767. The summed E-state index contributed by atoms with van der Waals surface area (Å²) in [5.41, 5.74) is 1.89. The van der Waals surface area contributed by atoms with Crippen LogP contribution in [0.3, 0.4) is 0 Å². The Labute approximate surface area is 133 Å². The maximum Gasteiger partial charge on any atom is 0.303 e. The van der Waals surface area contributed by atoms with Crippen LogP contribution < -0.4 is 0 Å². The topological polar surface area (TPSA) is 37.3 Å². The summed E-state index contributed by atoms with van der Waals surface area (Å²) in [6, 6.07) is 7.87. The summed E-state index contributed by atoms with van der Waals surface area (Å²) in [4.78, 5) is 10.4. The van der Waals surface area contributed by atoms with Crippen LogP contribution in [0.2, 0.25) is 0 Å². The van der Waals surface area contributed by atoms with Gasteiger partial charge in [-0.2, -0.15) is 0 Å². The molecular weight excluding hydrogens is 272 g/mol. The zero-order valence-electron chi connectivity index (χ0n) is 13.3. The number of carboxylic acid groups (broad SMARTS) is 1. The first kappa shape index (κ1) is 17.9. The minimum absolute atomic E-state index is 0.174. The largest absolute Gasteiger partial charge is 0.481 e.